The van der Waals surface area contributed by atoms with Crippen molar-refractivity contribution < 1.29 is 0 Å². The van der Waals surface area contributed by atoms with E-state index in [0.29, 0.717) is 5.54 Å². The molecule has 2 bridgehead atoms. The lowest BCUT2D eigenvalue weighted by atomic mass is 9.79. The molecule has 0 radical (unpaired) electrons. The van der Waals surface area contributed by atoms with Gasteiger partial charge in [-0.05, 0) is 49.9 Å². The van der Waals surface area contributed by atoms with Crippen molar-refractivity contribution in [3.05, 3.63) is 0 Å². The summed E-state index contributed by atoms with van der Waals surface area (Å²) in [5.74, 6) is 2.95. The van der Waals surface area contributed by atoms with E-state index in [9.17, 15) is 0 Å². The summed E-state index contributed by atoms with van der Waals surface area (Å²) in [4.78, 5) is 5.49. The second-order valence-electron chi connectivity index (χ2n) is 7.62. The Morgan fingerprint density at radius 3 is 2.32 bits per heavy atom. The summed E-state index contributed by atoms with van der Waals surface area (Å²) in [7, 11) is 0. The highest BCUT2D eigenvalue weighted by Crippen LogP contribution is 2.53. The molecule has 0 aromatic heterocycles. The number of nitrogens with two attached hydrogens (primary N) is 1. The first-order chi connectivity index (χ1) is 9.30. The maximum absolute atomic E-state index is 6.26. The van der Waals surface area contributed by atoms with E-state index in [2.05, 4.69) is 9.80 Å². The molecule has 3 nitrogen and oxygen atoms in total. The molecular weight excluding hydrogens is 234 g/mol. The number of piperazine rings is 1. The summed E-state index contributed by atoms with van der Waals surface area (Å²) in [5.41, 5.74) is 6.65. The van der Waals surface area contributed by atoms with Crippen LogP contribution in [-0.4, -0.2) is 54.6 Å². The first-order valence-corrected chi connectivity index (χ1v) is 8.47. The van der Waals surface area contributed by atoms with E-state index in [1.54, 1.807) is 0 Å². The number of hydrogen-bond acceptors (Lipinski definition) is 3. The first kappa shape index (κ1) is 12.6. The van der Waals surface area contributed by atoms with Crippen molar-refractivity contribution in [1.29, 1.82) is 0 Å². The fourth-order valence-corrected chi connectivity index (χ4v) is 5.22. The van der Waals surface area contributed by atoms with Crippen LogP contribution in [0.15, 0.2) is 0 Å². The summed E-state index contributed by atoms with van der Waals surface area (Å²) in [6.45, 7) is 7.39. The standard InChI is InChI=1S/C16H29N3/c17-12-16(10-14-3-4-15(16)9-14)19-7-5-18(6-8-19)11-13-1-2-13/h13-15H,1-12,17H2. The van der Waals surface area contributed by atoms with E-state index in [4.69, 9.17) is 5.73 Å². The molecule has 0 aromatic rings. The normalized spacial score (nSPS) is 44.1. The summed E-state index contributed by atoms with van der Waals surface area (Å²) >= 11 is 0. The topological polar surface area (TPSA) is 32.5 Å². The molecule has 0 amide bonds. The van der Waals surface area contributed by atoms with Gasteiger partial charge >= 0.3 is 0 Å². The molecule has 3 saturated carbocycles. The molecule has 4 rings (SSSR count). The van der Waals surface area contributed by atoms with Crippen LogP contribution in [0.25, 0.3) is 0 Å². The number of fused-ring (bicyclic) bond motifs is 2. The third kappa shape index (κ3) is 2.14. The van der Waals surface area contributed by atoms with Gasteiger partial charge in [-0.3, -0.25) is 4.90 Å². The highest BCUT2D eigenvalue weighted by molar-refractivity contribution is 5.09. The average Bonchev–Trinajstić information content (AvgIpc) is 3.03. The lowest BCUT2D eigenvalue weighted by Gasteiger charge is -2.50. The van der Waals surface area contributed by atoms with E-state index in [0.717, 1.165) is 24.3 Å². The number of hydrogen-bond donors (Lipinski definition) is 1. The van der Waals surface area contributed by atoms with Gasteiger partial charge in [0.1, 0.15) is 0 Å². The molecule has 0 aromatic carbocycles. The second-order valence-corrected chi connectivity index (χ2v) is 7.62. The van der Waals surface area contributed by atoms with Crippen LogP contribution in [-0.2, 0) is 0 Å². The molecule has 1 heterocycles. The monoisotopic (exact) mass is 263 g/mol. The molecular formula is C16H29N3. The fourth-order valence-electron chi connectivity index (χ4n) is 5.22. The zero-order valence-corrected chi connectivity index (χ0v) is 12.2. The molecule has 4 aliphatic rings. The smallest absolute Gasteiger partial charge is 0.0363 e. The van der Waals surface area contributed by atoms with Crippen LogP contribution in [0, 0.1) is 17.8 Å². The van der Waals surface area contributed by atoms with Gasteiger partial charge < -0.3 is 10.6 Å². The summed E-state index contributed by atoms with van der Waals surface area (Å²) < 4.78 is 0. The molecule has 3 heteroatoms. The highest BCUT2D eigenvalue weighted by Gasteiger charge is 2.53. The molecule has 3 atom stereocenters. The van der Waals surface area contributed by atoms with Crippen molar-refractivity contribution >= 4 is 0 Å². The Hall–Kier alpha value is -0.120. The first-order valence-electron chi connectivity index (χ1n) is 8.47. The van der Waals surface area contributed by atoms with Gasteiger partial charge in [-0.2, -0.15) is 0 Å². The lowest BCUT2D eigenvalue weighted by Crippen LogP contribution is -2.62. The van der Waals surface area contributed by atoms with E-state index in [1.807, 2.05) is 0 Å². The Balaban J connectivity index is 1.39. The lowest BCUT2D eigenvalue weighted by molar-refractivity contribution is 0.000667. The predicted octanol–water partition coefficient (Wildman–Crippen LogP) is 1.53. The highest BCUT2D eigenvalue weighted by atomic mass is 15.3. The van der Waals surface area contributed by atoms with Crippen LogP contribution in [0.5, 0.6) is 0 Å². The Bertz CT molecular complexity index is 333. The molecule has 4 fully saturated rings. The van der Waals surface area contributed by atoms with Gasteiger partial charge in [-0.15, -0.1) is 0 Å². The largest absolute Gasteiger partial charge is 0.329 e. The maximum atomic E-state index is 6.26. The van der Waals surface area contributed by atoms with E-state index in [-0.39, 0.29) is 0 Å². The van der Waals surface area contributed by atoms with Crippen LogP contribution < -0.4 is 5.73 Å². The summed E-state index contributed by atoms with van der Waals surface area (Å²) in [6.07, 6.45) is 8.77. The van der Waals surface area contributed by atoms with Crippen LogP contribution in [0.4, 0.5) is 0 Å². The Morgan fingerprint density at radius 1 is 1.00 bits per heavy atom. The van der Waals surface area contributed by atoms with E-state index >= 15 is 0 Å². The minimum Gasteiger partial charge on any atom is -0.329 e. The van der Waals surface area contributed by atoms with Gasteiger partial charge in [-0.25, -0.2) is 0 Å². The zero-order valence-electron chi connectivity index (χ0n) is 12.2. The fraction of sp³-hybridized carbons (Fsp3) is 1.00. The quantitative estimate of drug-likeness (QED) is 0.835. The molecule has 0 spiro atoms. The average molecular weight is 263 g/mol. The molecule has 3 unspecified atom stereocenters. The van der Waals surface area contributed by atoms with Crippen molar-refractivity contribution in [2.45, 2.75) is 44.1 Å². The van der Waals surface area contributed by atoms with Crippen LogP contribution >= 0.6 is 0 Å². The molecule has 108 valence electrons. The summed E-state index contributed by atoms with van der Waals surface area (Å²) in [5, 5.41) is 0. The Kier molecular flexibility index (Phi) is 3.13. The molecule has 2 N–H and O–H groups in total. The van der Waals surface area contributed by atoms with Crippen LogP contribution in [0.1, 0.15) is 38.5 Å². The minimum atomic E-state index is 0.397. The molecule has 1 saturated heterocycles. The van der Waals surface area contributed by atoms with Gasteiger partial charge in [0.05, 0.1) is 0 Å². The van der Waals surface area contributed by atoms with Crippen molar-refractivity contribution in [3.63, 3.8) is 0 Å². The number of nitrogens with zero attached hydrogens (tertiary/aromatic N) is 2. The van der Waals surface area contributed by atoms with Crippen molar-refractivity contribution in [2.75, 3.05) is 39.3 Å². The van der Waals surface area contributed by atoms with Gasteiger partial charge in [0, 0.05) is 44.8 Å². The maximum Gasteiger partial charge on any atom is 0.0363 e. The van der Waals surface area contributed by atoms with Crippen LogP contribution in [0.3, 0.4) is 0 Å². The van der Waals surface area contributed by atoms with Crippen LogP contribution in [0.2, 0.25) is 0 Å². The summed E-state index contributed by atoms with van der Waals surface area (Å²) in [6, 6.07) is 0. The number of rotatable bonds is 4. The Morgan fingerprint density at radius 2 is 1.79 bits per heavy atom. The predicted molar refractivity (Wildman–Crippen MR) is 78.0 cm³/mol. The van der Waals surface area contributed by atoms with E-state index < -0.39 is 0 Å². The van der Waals surface area contributed by atoms with Crippen molar-refractivity contribution in [3.8, 4) is 0 Å². The molecule has 3 aliphatic carbocycles. The third-order valence-corrected chi connectivity index (χ3v) is 6.51. The molecule has 1 aliphatic heterocycles. The SMILES string of the molecule is NCC1(N2CCN(CC3CC3)CC2)CC2CCC1C2. The van der Waals surface area contributed by atoms with Crippen molar-refractivity contribution in [1.82, 2.24) is 9.80 Å². The van der Waals surface area contributed by atoms with Gasteiger partial charge in [-0.1, -0.05) is 6.42 Å². The van der Waals surface area contributed by atoms with Gasteiger partial charge in [0.25, 0.3) is 0 Å². The second kappa shape index (κ2) is 4.71. The van der Waals surface area contributed by atoms with Gasteiger partial charge in [0.15, 0.2) is 0 Å². The van der Waals surface area contributed by atoms with Crippen molar-refractivity contribution in [2.24, 2.45) is 23.5 Å². The van der Waals surface area contributed by atoms with Gasteiger partial charge in [0.2, 0.25) is 0 Å². The zero-order chi connectivity index (χ0) is 12.9. The Labute approximate surface area is 117 Å². The third-order valence-electron chi connectivity index (χ3n) is 6.51. The molecule has 19 heavy (non-hydrogen) atoms. The minimum absolute atomic E-state index is 0.397. The van der Waals surface area contributed by atoms with E-state index in [1.165, 1.54) is 71.2 Å².